The largest absolute Gasteiger partial charge is 0.390 e. The molecule has 0 aromatic carbocycles. The van der Waals surface area contributed by atoms with E-state index < -0.39 is 5.60 Å². The van der Waals surface area contributed by atoms with E-state index in [1.165, 1.54) is 32.1 Å². The zero-order valence-electron chi connectivity index (χ0n) is 11.9. The Labute approximate surface area is 119 Å². The van der Waals surface area contributed by atoms with Crippen molar-refractivity contribution in [2.75, 3.05) is 13.1 Å². The smallest absolute Gasteiger partial charge is 0.165 e. The monoisotopic (exact) mass is 277 g/mol. The average Bonchev–Trinajstić information content (AvgIpc) is 3.19. The van der Waals surface area contributed by atoms with Crippen LogP contribution in [-0.4, -0.2) is 48.9 Å². The molecule has 3 aliphatic rings. The van der Waals surface area contributed by atoms with Gasteiger partial charge in [-0.15, -0.1) is 5.10 Å². The summed E-state index contributed by atoms with van der Waals surface area (Å²) >= 11 is 0. The highest BCUT2D eigenvalue weighted by atomic mass is 16.3. The Morgan fingerprint density at radius 3 is 2.95 bits per heavy atom. The molecule has 0 spiro atoms. The minimum atomic E-state index is -0.392. The van der Waals surface area contributed by atoms with E-state index in [1.54, 1.807) is 0 Å². The molecular weight excluding hydrogens is 254 g/mol. The van der Waals surface area contributed by atoms with Gasteiger partial charge in [-0.3, -0.25) is 4.90 Å². The molecule has 1 aromatic rings. The Hall–Kier alpha value is -1.01. The van der Waals surface area contributed by atoms with Crippen molar-refractivity contribution in [2.45, 2.75) is 63.1 Å². The average molecular weight is 277 g/mol. The molecule has 0 radical (unpaired) electrons. The lowest BCUT2D eigenvalue weighted by molar-refractivity contribution is -0.0972. The molecule has 0 bridgehead atoms. The Kier molecular flexibility index (Phi) is 3.03. The third-order valence-electron chi connectivity index (χ3n) is 5.33. The molecule has 3 fully saturated rings. The van der Waals surface area contributed by atoms with Crippen molar-refractivity contribution in [3.05, 3.63) is 5.82 Å². The van der Waals surface area contributed by atoms with Gasteiger partial charge >= 0.3 is 0 Å². The van der Waals surface area contributed by atoms with Gasteiger partial charge in [-0.2, -0.15) is 0 Å². The number of aromatic nitrogens is 4. The summed E-state index contributed by atoms with van der Waals surface area (Å²) in [5.41, 5.74) is -0.392. The Morgan fingerprint density at radius 2 is 2.10 bits per heavy atom. The van der Waals surface area contributed by atoms with Crippen LogP contribution in [-0.2, 0) is 6.54 Å². The maximum absolute atomic E-state index is 10.7. The van der Waals surface area contributed by atoms with E-state index in [1.807, 2.05) is 4.68 Å². The van der Waals surface area contributed by atoms with Gasteiger partial charge in [0, 0.05) is 19.0 Å². The first kappa shape index (κ1) is 12.7. The number of hydrogen-bond donors (Lipinski definition) is 1. The van der Waals surface area contributed by atoms with Crippen molar-refractivity contribution in [3.63, 3.8) is 0 Å². The summed E-state index contributed by atoms with van der Waals surface area (Å²) in [6, 6.07) is 0.538. The van der Waals surface area contributed by atoms with Crippen LogP contribution in [0.5, 0.6) is 0 Å². The third kappa shape index (κ3) is 2.24. The first-order chi connectivity index (χ1) is 9.74. The number of fused-ring (bicyclic) bond motifs is 1. The zero-order valence-corrected chi connectivity index (χ0v) is 11.9. The summed E-state index contributed by atoms with van der Waals surface area (Å²) in [6.07, 6.45) is 7.93. The van der Waals surface area contributed by atoms with Gasteiger partial charge in [0.05, 0.1) is 18.2 Å². The van der Waals surface area contributed by atoms with E-state index in [9.17, 15) is 5.11 Å². The van der Waals surface area contributed by atoms with Gasteiger partial charge in [0.15, 0.2) is 5.82 Å². The predicted octanol–water partition coefficient (Wildman–Crippen LogP) is 1.13. The second-order valence-corrected chi connectivity index (χ2v) is 6.80. The van der Waals surface area contributed by atoms with E-state index >= 15 is 0 Å². The van der Waals surface area contributed by atoms with Crippen LogP contribution in [0.15, 0.2) is 0 Å². The summed E-state index contributed by atoms with van der Waals surface area (Å²) < 4.78 is 2.00. The molecule has 110 valence electrons. The minimum Gasteiger partial charge on any atom is -0.390 e. The van der Waals surface area contributed by atoms with Crippen LogP contribution in [0.25, 0.3) is 0 Å². The minimum absolute atomic E-state index is 0.392. The van der Waals surface area contributed by atoms with E-state index in [0.29, 0.717) is 12.0 Å². The number of nitrogens with zero attached hydrogens (tertiary/aromatic N) is 5. The molecule has 2 aliphatic carbocycles. The van der Waals surface area contributed by atoms with Gasteiger partial charge in [0.2, 0.25) is 0 Å². The molecule has 20 heavy (non-hydrogen) atoms. The van der Waals surface area contributed by atoms with Crippen LogP contribution < -0.4 is 0 Å². The molecule has 2 atom stereocenters. The number of hydrogen-bond acceptors (Lipinski definition) is 5. The molecule has 6 heteroatoms. The Balaban J connectivity index is 1.44. The van der Waals surface area contributed by atoms with Crippen LogP contribution >= 0.6 is 0 Å². The van der Waals surface area contributed by atoms with Crippen molar-refractivity contribution in [2.24, 2.45) is 5.92 Å². The Bertz CT molecular complexity index is 486. The van der Waals surface area contributed by atoms with E-state index in [0.717, 1.165) is 38.3 Å². The first-order valence-corrected chi connectivity index (χ1v) is 7.96. The van der Waals surface area contributed by atoms with Gasteiger partial charge in [-0.25, -0.2) is 4.68 Å². The van der Waals surface area contributed by atoms with Gasteiger partial charge in [-0.1, -0.05) is 12.8 Å². The van der Waals surface area contributed by atoms with Crippen molar-refractivity contribution in [3.8, 4) is 0 Å². The summed E-state index contributed by atoms with van der Waals surface area (Å²) in [4.78, 5) is 2.43. The van der Waals surface area contributed by atoms with Crippen molar-refractivity contribution < 1.29 is 5.11 Å². The SMILES string of the molecule is OC12CCCCC1CN(Cc1nnnn1C1CC1)CC2. The summed E-state index contributed by atoms with van der Waals surface area (Å²) in [7, 11) is 0. The van der Waals surface area contributed by atoms with Crippen LogP contribution in [0.4, 0.5) is 0 Å². The normalized spacial score (nSPS) is 35.0. The fraction of sp³-hybridized carbons (Fsp3) is 0.929. The molecule has 1 saturated heterocycles. The van der Waals surface area contributed by atoms with Gasteiger partial charge in [0.25, 0.3) is 0 Å². The number of likely N-dealkylation sites (tertiary alicyclic amines) is 1. The lowest BCUT2D eigenvalue weighted by Gasteiger charge is -2.47. The number of aliphatic hydroxyl groups is 1. The second-order valence-electron chi connectivity index (χ2n) is 6.80. The lowest BCUT2D eigenvalue weighted by atomic mass is 9.71. The van der Waals surface area contributed by atoms with E-state index in [4.69, 9.17) is 0 Å². The van der Waals surface area contributed by atoms with Crippen LogP contribution in [0.3, 0.4) is 0 Å². The fourth-order valence-corrected chi connectivity index (χ4v) is 3.90. The van der Waals surface area contributed by atoms with Crippen LogP contribution in [0.1, 0.15) is 56.8 Å². The molecule has 4 rings (SSSR count). The first-order valence-electron chi connectivity index (χ1n) is 7.96. The molecule has 2 heterocycles. The molecule has 1 aromatic heterocycles. The molecule has 2 saturated carbocycles. The van der Waals surface area contributed by atoms with Gasteiger partial charge in [0.1, 0.15) is 0 Å². The van der Waals surface area contributed by atoms with E-state index in [-0.39, 0.29) is 0 Å². The number of rotatable bonds is 3. The topological polar surface area (TPSA) is 67.1 Å². The molecular formula is C14H23N5O. The van der Waals surface area contributed by atoms with E-state index in [2.05, 4.69) is 20.4 Å². The maximum Gasteiger partial charge on any atom is 0.165 e. The molecule has 2 unspecified atom stereocenters. The second kappa shape index (κ2) is 4.77. The highest BCUT2D eigenvalue weighted by Gasteiger charge is 2.43. The molecule has 1 N–H and O–H groups in total. The third-order valence-corrected chi connectivity index (χ3v) is 5.33. The lowest BCUT2D eigenvalue weighted by Crippen LogP contribution is -2.53. The van der Waals surface area contributed by atoms with Gasteiger partial charge < -0.3 is 5.11 Å². The summed E-state index contributed by atoms with van der Waals surface area (Å²) in [5.74, 6) is 1.43. The predicted molar refractivity (Wildman–Crippen MR) is 72.9 cm³/mol. The van der Waals surface area contributed by atoms with Crippen LogP contribution in [0, 0.1) is 5.92 Å². The summed E-state index contributed by atoms with van der Waals surface area (Å²) in [5, 5.41) is 22.9. The molecule has 1 aliphatic heterocycles. The van der Waals surface area contributed by atoms with Crippen molar-refractivity contribution >= 4 is 0 Å². The maximum atomic E-state index is 10.7. The molecule has 6 nitrogen and oxygen atoms in total. The van der Waals surface area contributed by atoms with Crippen LogP contribution in [0.2, 0.25) is 0 Å². The zero-order chi connectivity index (χ0) is 13.6. The van der Waals surface area contributed by atoms with Gasteiger partial charge in [-0.05, 0) is 42.5 Å². The number of piperidine rings is 1. The fourth-order valence-electron chi connectivity index (χ4n) is 3.90. The molecule has 0 amide bonds. The quantitative estimate of drug-likeness (QED) is 0.897. The standard InChI is InChI=1S/C14H23N5O/c20-14-6-2-1-3-11(14)9-18(8-7-14)10-13-15-16-17-19(13)12-4-5-12/h11-12,20H,1-10H2. The highest BCUT2D eigenvalue weighted by molar-refractivity contribution is 4.97. The van der Waals surface area contributed by atoms with Crippen molar-refractivity contribution in [1.29, 1.82) is 0 Å². The highest BCUT2D eigenvalue weighted by Crippen LogP contribution is 2.40. The summed E-state index contributed by atoms with van der Waals surface area (Å²) in [6.45, 7) is 2.79. The van der Waals surface area contributed by atoms with Crippen molar-refractivity contribution in [1.82, 2.24) is 25.1 Å². The number of tetrazole rings is 1. The Morgan fingerprint density at radius 1 is 1.20 bits per heavy atom.